The molecule has 1 fully saturated rings. The minimum absolute atomic E-state index is 0.997. The highest BCUT2D eigenvalue weighted by Gasteiger charge is 2.15. The highest BCUT2D eigenvalue weighted by atomic mass is 33.1. The predicted octanol–water partition coefficient (Wildman–Crippen LogP) is 4.11. The summed E-state index contributed by atoms with van der Waals surface area (Å²) >= 11 is 0. The molecule has 2 heteroatoms. The van der Waals surface area contributed by atoms with E-state index in [1.54, 1.807) is 0 Å². The van der Waals surface area contributed by atoms with Crippen molar-refractivity contribution in [1.82, 2.24) is 0 Å². The summed E-state index contributed by atoms with van der Waals surface area (Å²) in [4.78, 5) is 0. The topological polar surface area (TPSA) is 0 Å². The lowest BCUT2D eigenvalue weighted by molar-refractivity contribution is 0.615. The summed E-state index contributed by atoms with van der Waals surface area (Å²) in [5, 5.41) is 0.997. The Morgan fingerprint density at radius 2 is 2.18 bits per heavy atom. The minimum Gasteiger partial charge on any atom is -0.0938 e. The number of unbranched alkanes of at least 4 members (excludes halogenated alkanes) is 3. The molecule has 1 atom stereocenters. The summed E-state index contributed by atoms with van der Waals surface area (Å²) in [7, 11) is 4.18. The Bertz CT molecular complexity index is 87.6. The highest BCUT2D eigenvalue weighted by molar-refractivity contribution is 8.77. The lowest BCUT2D eigenvalue weighted by atomic mass is 10.1. The molecule has 1 rings (SSSR count). The molecule has 0 bridgehead atoms. The van der Waals surface area contributed by atoms with Gasteiger partial charge in [0.2, 0.25) is 0 Å². The SMILES string of the molecule is CCCCCC[C@H]1CCSS1. The fourth-order valence-corrected chi connectivity index (χ4v) is 4.39. The van der Waals surface area contributed by atoms with Crippen molar-refractivity contribution in [1.29, 1.82) is 0 Å². The fourth-order valence-electron chi connectivity index (χ4n) is 1.36. The van der Waals surface area contributed by atoms with Crippen molar-refractivity contribution < 1.29 is 0 Å². The van der Waals surface area contributed by atoms with Gasteiger partial charge in [0.15, 0.2) is 0 Å². The van der Waals surface area contributed by atoms with Gasteiger partial charge in [0.05, 0.1) is 0 Å². The quantitative estimate of drug-likeness (QED) is 0.472. The lowest BCUT2D eigenvalue weighted by Gasteiger charge is -2.05. The first-order chi connectivity index (χ1) is 5.43. The molecule has 11 heavy (non-hydrogen) atoms. The first kappa shape index (κ1) is 9.79. The van der Waals surface area contributed by atoms with Gasteiger partial charge in [0.1, 0.15) is 0 Å². The average Bonchev–Trinajstić information content (AvgIpc) is 2.50. The molecule has 0 unspecified atom stereocenters. The third kappa shape index (κ3) is 4.32. The van der Waals surface area contributed by atoms with Crippen LogP contribution in [-0.2, 0) is 0 Å². The van der Waals surface area contributed by atoms with E-state index in [2.05, 4.69) is 28.5 Å². The molecular weight excluding hydrogens is 172 g/mol. The zero-order valence-corrected chi connectivity index (χ0v) is 8.98. The summed E-state index contributed by atoms with van der Waals surface area (Å²) in [6.45, 7) is 2.28. The monoisotopic (exact) mass is 190 g/mol. The summed E-state index contributed by atoms with van der Waals surface area (Å²) < 4.78 is 0. The van der Waals surface area contributed by atoms with E-state index in [1.165, 1.54) is 44.3 Å². The fraction of sp³-hybridized carbons (Fsp3) is 1.00. The molecule has 0 N–H and O–H groups in total. The molecule has 1 saturated heterocycles. The van der Waals surface area contributed by atoms with Gasteiger partial charge in [-0.25, -0.2) is 0 Å². The maximum absolute atomic E-state index is 2.28. The maximum atomic E-state index is 2.28. The number of hydrogen-bond acceptors (Lipinski definition) is 2. The van der Waals surface area contributed by atoms with E-state index in [0.29, 0.717) is 0 Å². The Labute approximate surface area is 78.3 Å². The molecule has 1 heterocycles. The van der Waals surface area contributed by atoms with Crippen LogP contribution in [0.4, 0.5) is 0 Å². The Hall–Kier alpha value is 0.700. The Balaban J connectivity index is 1.86. The number of hydrogen-bond donors (Lipinski definition) is 0. The van der Waals surface area contributed by atoms with Crippen molar-refractivity contribution in [3.8, 4) is 0 Å². The van der Waals surface area contributed by atoms with Crippen LogP contribution in [0.25, 0.3) is 0 Å². The van der Waals surface area contributed by atoms with Crippen molar-refractivity contribution in [2.24, 2.45) is 0 Å². The van der Waals surface area contributed by atoms with Crippen LogP contribution in [-0.4, -0.2) is 11.0 Å². The largest absolute Gasteiger partial charge is 0.0938 e. The Kier molecular flexibility index (Phi) is 5.55. The standard InChI is InChI=1S/C9H18S2/c1-2-3-4-5-6-9-7-8-10-11-9/h9H,2-8H2,1H3/t9-/m0/s1. The van der Waals surface area contributed by atoms with Crippen molar-refractivity contribution in [2.75, 3.05) is 5.75 Å². The second-order valence-electron chi connectivity index (χ2n) is 3.18. The third-order valence-electron chi connectivity index (χ3n) is 2.11. The second-order valence-corrected chi connectivity index (χ2v) is 5.97. The summed E-state index contributed by atoms with van der Waals surface area (Å²) in [5.74, 6) is 1.39. The molecule has 0 aromatic heterocycles. The Morgan fingerprint density at radius 3 is 2.82 bits per heavy atom. The van der Waals surface area contributed by atoms with Gasteiger partial charge in [0, 0.05) is 11.0 Å². The van der Waals surface area contributed by atoms with E-state index in [4.69, 9.17) is 0 Å². The van der Waals surface area contributed by atoms with Crippen LogP contribution < -0.4 is 0 Å². The van der Waals surface area contributed by atoms with Crippen molar-refractivity contribution in [3.05, 3.63) is 0 Å². The van der Waals surface area contributed by atoms with Crippen LogP contribution in [0.2, 0.25) is 0 Å². The van der Waals surface area contributed by atoms with Crippen molar-refractivity contribution in [3.63, 3.8) is 0 Å². The van der Waals surface area contributed by atoms with Crippen LogP contribution in [0, 0.1) is 0 Å². The van der Waals surface area contributed by atoms with E-state index in [0.717, 1.165) is 5.25 Å². The van der Waals surface area contributed by atoms with Crippen molar-refractivity contribution in [2.45, 2.75) is 50.7 Å². The molecule has 1 aliphatic heterocycles. The molecule has 0 aromatic rings. The Morgan fingerprint density at radius 1 is 1.27 bits per heavy atom. The first-order valence-electron chi connectivity index (χ1n) is 4.71. The molecular formula is C9H18S2. The zero-order valence-electron chi connectivity index (χ0n) is 7.34. The van der Waals surface area contributed by atoms with Gasteiger partial charge >= 0.3 is 0 Å². The molecule has 0 aromatic carbocycles. The van der Waals surface area contributed by atoms with Gasteiger partial charge in [-0.3, -0.25) is 0 Å². The predicted molar refractivity (Wildman–Crippen MR) is 57.2 cm³/mol. The van der Waals surface area contributed by atoms with Crippen LogP contribution in [0.3, 0.4) is 0 Å². The molecule has 1 aliphatic rings. The summed E-state index contributed by atoms with van der Waals surface area (Å²) in [6, 6.07) is 0. The highest BCUT2D eigenvalue weighted by Crippen LogP contribution is 2.39. The van der Waals surface area contributed by atoms with Gasteiger partial charge < -0.3 is 0 Å². The molecule has 0 amide bonds. The average molecular weight is 190 g/mol. The van der Waals surface area contributed by atoms with E-state index in [1.807, 2.05) is 0 Å². The lowest BCUT2D eigenvalue weighted by Crippen LogP contribution is -1.96. The first-order valence-corrected chi connectivity index (χ1v) is 7.10. The van der Waals surface area contributed by atoms with Crippen LogP contribution in [0.15, 0.2) is 0 Å². The van der Waals surface area contributed by atoms with Gasteiger partial charge in [0.25, 0.3) is 0 Å². The van der Waals surface area contributed by atoms with E-state index >= 15 is 0 Å². The van der Waals surface area contributed by atoms with E-state index in [9.17, 15) is 0 Å². The minimum atomic E-state index is 0.997. The smallest absolute Gasteiger partial charge is 0.0159 e. The second kappa shape index (κ2) is 6.24. The van der Waals surface area contributed by atoms with Gasteiger partial charge in [-0.1, -0.05) is 54.2 Å². The van der Waals surface area contributed by atoms with Crippen LogP contribution in [0.1, 0.15) is 45.4 Å². The molecule has 0 saturated carbocycles. The number of rotatable bonds is 5. The molecule has 0 spiro atoms. The van der Waals surface area contributed by atoms with Gasteiger partial charge in [-0.2, -0.15) is 0 Å². The van der Waals surface area contributed by atoms with Gasteiger partial charge in [-0.15, -0.1) is 0 Å². The zero-order chi connectivity index (χ0) is 7.94. The molecule has 0 aliphatic carbocycles. The summed E-state index contributed by atoms with van der Waals surface area (Å²) in [6.07, 6.45) is 8.65. The van der Waals surface area contributed by atoms with Gasteiger partial charge in [-0.05, 0) is 12.8 Å². The van der Waals surface area contributed by atoms with Crippen LogP contribution in [0.5, 0.6) is 0 Å². The molecule has 66 valence electrons. The molecule has 0 radical (unpaired) electrons. The van der Waals surface area contributed by atoms with E-state index < -0.39 is 0 Å². The normalized spacial score (nSPS) is 24.3. The maximum Gasteiger partial charge on any atom is 0.0159 e. The summed E-state index contributed by atoms with van der Waals surface area (Å²) in [5.41, 5.74) is 0. The van der Waals surface area contributed by atoms with Crippen LogP contribution >= 0.6 is 21.6 Å². The van der Waals surface area contributed by atoms with Crippen molar-refractivity contribution >= 4 is 21.6 Å². The third-order valence-corrected chi connectivity index (χ3v) is 5.11. The molecule has 0 nitrogen and oxygen atoms in total. The van der Waals surface area contributed by atoms with E-state index in [-0.39, 0.29) is 0 Å².